The van der Waals surface area contributed by atoms with Gasteiger partial charge in [0, 0.05) is 39.7 Å². The molecule has 42 heavy (non-hydrogen) atoms. The first kappa shape index (κ1) is 28.8. The first-order valence-electron chi connectivity index (χ1n) is 13.5. The second kappa shape index (κ2) is 10.9. The number of fused-ring (bicyclic) bond motifs is 1. The van der Waals surface area contributed by atoms with Crippen LogP contribution < -0.4 is 21.1 Å². The molecule has 14 heteroatoms. The molecule has 1 fully saturated rings. The van der Waals surface area contributed by atoms with Crippen LogP contribution in [0.25, 0.3) is 16.7 Å². The van der Waals surface area contributed by atoms with Gasteiger partial charge in [0.1, 0.15) is 22.6 Å². The molecule has 4 aromatic rings. The van der Waals surface area contributed by atoms with E-state index in [0.717, 1.165) is 12.8 Å². The molecule has 1 aliphatic carbocycles. The number of methoxy groups -OCH3 is 1. The summed E-state index contributed by atoms with van der Waals surface area (Å²) in [5.41, 5.74) is 0.950. The van der Waals surface area contributed by atoms with Crippen molar-refractivity contribution in [3.8, 4) is 5.69 Å². The van der Waals surface area contributed by atoms with E-state index in [2.05, 4.69) is 25.9 Å². The molecule has 2 amide bonds. The Morgan fingerprint density at radius 2 is 1.98 bits per heavy atom. The third-order valence-electron chi connectivity index (χ3n) is 6.94. The largest absolute Gasteiger partial charge is 0.443 e. The Morgan fingerprint density at radius 3 is 2.60 bits per heavy atom. The highest BCUT2D eigenvalue weighted by molar-refractivity contribution is 6.07. The van der Waals surface area contributed by atoms with Gasteiger partial charge in [0.15, 0.2) is 5.52 Å². The molecule has 14 nitrogen and oxygen atoms in total. The van der Waals surface area contributed by atoms with E-state index in [0.29, 0.717) is 11.4 Å². The van der Waals surface area contributed by atoms with E-state index in [1.807, 2.05) is 6.92 Å². The second-order valence-electron chi connectivity index (χ2n) is 11.2. The van der Waals surface area contributed by atoms with Gasteiger partial charge < -0.3 is 24.6 Å². The lowest BCUT2D eigenvalue weighted by atomic mass is 9.89. The van der Waals surface area contributed by atoms with Gasteiger partial charge in [-0.05, 0) is 52.7 Å². The molecular weight excluding hydrogens is 544 g/mol. The van der Waals surface area contributed by atoms with Crippen LogP contribution >= 0.6 is 0 Å². The molecule has 222 valence electrons. The molecule has 2 atom stereocenters. The zero-order chi connectivity index (χ0) is 30.3. The van der Waals surface area contributed by atoms with Crippen molar-refractivity contribution in [3.05, 3.63) is 52.4 Å². The van der Waals surface area contributed by atoms with Crippen LogP contribution in [0.5, 0.6) is 0 Å². The lowest BCUT2D eigenvalue weighted by molar-refractivity contribution is 0.00677. The number of nitrogens with zero attached hydrogens (tertiary/aromatic N) is 6. The van der Waals surface area contributed by atoms with Gasteiger partial charge in [0.05, 0.1) is 29.2 Å². The second-order valence-corrected chi connectivity index (χ2v) is 11.2. The number of rotatable bonds is 7. The number of nitrogens with one attached hydrogen (secondary N) is 2. The summed E-state index contributed by atoms with van der Waals surface area (Å²) in [4.78, 5) is 45.5. The summed E-state index contributed by atoms with van der Waals surface area (Å²) in [6.45, 7) is 7.08. The van der Waals surface area contributed by atoms with Gasteiger partial charge in [-0.25, -0.2) is 9.78 Å². The highest BCUT2D eigenvalue weighted by Crippen LogP contribution is 2.32. The fraction of sp³-hybridized carbons (Fsp3) is 0.429. The Labute approximate surface area is 241 Å². The molecule has 0 aliphatic heterocycles. The summed E-state index contributed by atoms with van der Waals surface area (Å²) in [5, 5.41) is 14.3. The highest BCUT2D eigenvalue weighted by Gasteiger charge is 2.34. The minimum atomic E-state index is -0.756. The Balaban J connectivity index is 1.56. The summed E-state index contributed by atoms with van der Waals surface area (Å²) < 4.78 is 19.5. The van der Waals surface area contributed by atoms with Gasteiger partial charge in [-0.1, -0.05) is 5.16 Å². The fourth-order valence-electron chi connectivity index (χ4n) is 4.70. The molecule has 4 aromatic heterocycles. The molecule has 1 aliphatic rings. The van der Waals surface area contributed by atoms with Crippen LogP contribution in [-0.4, -0.2) is 68.4 Å². The monoisotopic (exact) mass is 578 g/mol. The van der Waals surface area contributed by atoms with Crippen molar-refractivity contribution in [1.82, 2.24) is 29.8 Å². The van der Waals surface area contributed by atoms with Crippen LogP contribution in [0, 0.1) is 6.92 Å². The van der Waals surface area contributed by atoms with E-state index in [1.54, 1.807) is 64.1 Å². The summed E-state index contributed by atoms with van der Waals surface area (Å²) in [7, 11) is 4.89. The number of hydrogen-bond acceptors (Lipinski definition) is 10. The van der Waals surface area contributed by atoms with Gasteiger partial charge in [0.2, 0.25) is 5.76 Å². The Bertz CT molecular complexity index is 1710. The highest BCUT2D eigenvalue weighted by atomic mass is 16.6. The van der Waals surface area contributed by atoms with E-state index < -0.39 is 17.6 Å². The topological polar surface area (TPSA) is 159 Å². The molecular formula is C28H34N8O6. The van der Waals surface area contributed by atoms with Crippen molar-refractivity contribution in [2.45, 2.75) is 58.3 Å². The number of aromatic nitrogens is 5. The van der Waals surface area contributed by atoms with Gasteiger partial charge in [-0.2, -0.15) is 5.10 Å². The van der Waals surface area contributed by atoms with Crippen LogP contribution in [-0.2, 0) is 16.5 Å². The molecule has 0 radical (unpaired) electrons. The van der Waals surface area contributed by atoms with Crippen molar-refractivity contribution in [2.75, 3.05) is 24.4 Å². The zero-order valence-electron chi connectivity index (χ0n) is 24.6. The quantitative estimate of drug-likeness (QED) is 0.333. The predicted molar refractivity (Wildman–Crippen MR) is 155 cm³/mol. The maximum Gasteiger partial charge on any atom is 0.414 e. The molecule has 0 spiro atoms. The third-order valence-corrected chi connectivity index (χ3v) is 6.94. The normalized spacial score (nSPS) is 16.6. The Kier molecular flexibility index (Phi) is 7.49. The van der Waals surface area contributed by atoms with E-state index in [9.17, 15) is 14.4 Å². The van der Waals surface area contributed by atoms with E-state index in [1.165, 1.54) is 22.6 Å². The summed E-state index contributed by atoms with van der Waals surface area (Å²) in [5.74, 6) is -0.471. The SMILES string of the molecule is CO[C@@H]1CC[C@H]1NC(=O)c1onc2c(N(C)C(=O)OC(C)(C)C)cc(Nc3cccn(-c4cn(C)nc4C)c3=O)nc12. The standard InChI is InChI=1S/C28H34N8O6/c1-15-19(14-34(5)32-15)36-12-8-9-17(26(36)38)29-21-13-18(35(6)27(39)41-28(2,3)4)22-23(31-21)24(42-33-22)25(37)30-16-10-11-20(16)40-7/h8-9,12-14,16,20H,10-11H2,1-7H3,(H,29,31)(H,30,37)/t16-,20-/m1/s1. The number of pyridine rings is 2. The maximum atomic E-state index is 13.5. The maximum absolute atomic E-state index is 13.5. The van der Waals surface area contributed by atoms with Crippen molar-refractivity contribution >= 4 is 40.2 Å². The Morgan fingerprint density at radius 1 is 1.21 bits per heavy atom. The van der Waals surface area contributed by atoms with Gasteiger partial charge in [0.25, 0.3) is 11.5 Å². The van der Waals surface area contributed by atoms with Crippen LogP contribution in [0.2, 0.25) is 0 Å². The first-order valence-corrected chi connectivity index (χ1v) is 13.5. The summed E-state index contributed by atoms with van der Waals surface area (Å²) >= 11 is 0. The van der Waals surface area contributed by atoms with Crippen LogP contribution in [0.4, 0.5) is 22.0 Å². The average Bonchev–Trinajstić information content (AvgIpc) is 3.48. The summed E-state index contributed by atoms with van der Waals surface area (Å²) in [6, 6.07) is 4.68. The number of carbonyl (C=O) groups is 2. The average molecular weight is 579 g/mol. The smallest absolute Gasteiger partial charge is 0.414 e. The molecule has 0 saturated heterocycles. The number of ether oxygens (including phenoxy) is 2. The van der Waals surface area contributed by atoms with Crippen molar-refractivity contribution in [2.24, 2.45) is 7.05 Å². The zero-order valence-corrected chi connectivity index (χ0v) is 24.6. The van der Waals surface area contributed by atoms with Crippen molar-refractivity contribution in [3.63, 3.8) is 0 Å². The lowest BCUT2D eigenvalue weighted by Crippen LogP contribution is -2.51. The first-order chi connectivity index (χ1) is 19.9. The number of carbonyl (C=O) groups excluding carboxylic acids is 2. The molecule has 0 aromatic carbocycles. The van der Waals surface area contributed by atoms with Crippen LogP contribution in [0.3, 0.4) is 0 Å². The number of anilines is 3. The predicted octanol–water partition coefficient (Wildman–Crippen LogP) is 3.44. The molecule has 0 unspecified atom stereocenters. The van der Waals surface area contributed by atoms with Crippen LogP contribution in [0.15, 0.2) is 39.9 Å². The van der Waals surface area contributed by atoms with E-state index in [-0.39, 0.29) is 51.7 Å². The van der Waals surface area contributed by atoms with E-state index >= 15 is 0 Å². The summed E-state index contributed by atoms with van der Waals surface area (Å²) in [6.07, 6.45) is 4.25. The van der Waals surface area contributed by atoms with Crippen molar-refractivity contribution in [1.29, 1.82) is 0 Å². The van der Waals surface area contributed by atoms with Gasteiger partial charge in [-0.3, -0.25) is 23.7 Å². The van der Waals surface area contributed by atoms with Gasteiger partial charge in [-0.15, -0.1) is 0 Å². The van der Waals surface area contributed by atoms with E-state index in [4.69, 9.17) is 14.0 Å². The van der Waals surface area contributed by atoms with Crippen molar-refractivity contribution < 1.29 is 23.6 Å². The number of aryl methyl sites for hydroxylation is 2. The van der Waals surface area contributed by atoms with Gasteiger partial charge >= 0.3 is 6.09 Å². The molecule has 1 saturated carbocycles. The third kappa shape index (κ3) is 5.57. The number of amides is 2. The fourth-order valence-corrected chi connectivity index (χ4v) is 4.70. The molecule has 5 rings (SSSR count). The molecule has 2 N–H and O–H groups in total. The number of hydrogen-bond donors (Lipinski definition) is 2. The lowest BCUT2D eigenvalue weighted by Gasteiger charge is -2.35. The Hall–Kier alpha value is -4.72. The molecule has 0 bridgehead atoms. The minimum absolute atomic E-state index is 0.0918. The minimum Gasteiger partial charge on any atom is -0.443 e. The van der Waals surface area contributed by atoms with Crippen LogP contribution in [0.1, 0.15) is 49.9 Å². The molecule has 4 heterocycles.